The highest BCUT2D eigenvalue weighted by molar-refractivity contribution is 9.10. The lowest BCUT2D eigenvalue weighted by molar-refractivity contribution is 0.674. The van der Waals surface area contributed by atoms with Gasteiger partial charge in [-0.25, -0.2) is 0 Å². The zero-order valence-corrected chi connectivity index (χ0v) is 12.8. The second kappa shape index (κ2) is 5.44. The molecule has 1 aliphatic heterocycles. The Morgan fingerprint density at radius 1 is 1.35 bits per heavy atom. The lowest BCUT2D eigenvalue weighted by Crippen LogP contribution is -2.19. The van der Waals surface area contributed by atoms with E-state index >= 15 is 0 Å². The number of aryl methyl sites for hydroxylation is 2. The van der Waals surface area contributed by atoms with Crippen molar-refractivity contribution in [1.29, 1.82) is 0 Å². The van der Waals surface area contributed by atoms with E-state index in [9.17, 15) is 0 Å². The zero-order chi connectivity index (χ0) is 12.4. The van der Waals surface area contributed by atoms with Gasteiger partial charge in [0.25, 0.3) is 0 Å². The van der Waals surface area contributed by atoms with E-state index in [1.165, 1.54) is 16.8 Å². The summed E-state index contributed by atoms with van der Waals surface area (Å²) in [5.74, 6) is 1.85. The lowest BCUT2D eigenvalue weighted by Gasteiger charge is -2.20. The van der Waals surface area contributed by atoms with Crippen LogP contribution in [-0.4, -0.2) is 17.5 Å². The Morgan fingerprint density at radius 3 is 2.53 bits per heavy atom. The third-order valence-electron chi connectivity index (χ3n) is 2.78. The molecule has 1 unspecified atom stereocenters. The van der Waals surface area contributed by atoms with Gasteiger partial charge >= 0.3 is 0 Å². The molecule has 1 aromatic carbocycles. The van der Waals surface area contributed by atoms with Crippen molar-refractivity contribution in [2.45, 2.75) is 20.8 Å². The van der Waals surface area contributed by atoms with E-state index < -0.39 is 0 Å². The highest BCUT2D eigenvalue weighted by atomic mass is 79.9. The van der Waals surface area contributed by atoms with Crippen molar-refractivity contribution in [3.8, 4) is 0 Å². The second-order valence-electron chi connectivity index (χ2n) is 4.60. The summed E-state index contributed by atoms with van der Waals surface area (Å²) in [4.78, 5) is 4.57. The third-order valence-corrected chi connectivity index (χ3v) is 4.48. The molecule has 0 spiro atoms. The van der Waals surface area contributed by atoms with Gasteiger partial charge in [-0.3, -0.25) is 4.99 Å². The Morgan fingerprint density at radius 2 is 2.00 bits per heavy atom. The van der Waals surface area contributed by atoms with Gasteiger partial charge < -0.3 is 5.32 Å². The van der Waals surface area contributed by atoms with Crippen LogP contribution in [-0.2, 0) is 0 Å². The maximum absolute atomic E-state index is 4.57. The quantitative estimate of drug-likeness (QED) is 0.839. The molecule has 0 saturated carbocycles. The fraction of sp³-hybridized carbons (Fsp3) is 0.462. The van der Waals surface area contributed by atoms with Gasteiger partial charge in [-0.1, -0.05) is 34.6 Å². The lowest BCUT2D eigenvalue weighted by atomic mass is 10.1. The third kappa shape index (κ3) is 3.26. The maximum atomic E-state index is 4.57. The maximum Gasteiger partial charge on any atom is 0.161 e. The number of nitrogens with one attached hydrogen (secondary N) is 1. The Labute approximate surface area is 115 Å². The van der Waals surface area contributed by atoms with Crippen molar-refractivity contribution in [3.63, 3.8) is 0 Å². The molecule has 0 amide bonds. The van der Waals surface area contributed by atoms with Gasteiger partial charge in [0.05, 0.1) is 0 Å². The summed E-state index contributed by atoms with van der Waals surface area (Å²) in [6.07, 6.45) is 0. The zero-order valence-electron chi connectivity index (χ0n) is 10.4. The van der Waals surface area contributed by atoms with Gasteiger partial charge in [0.2, 0.25) is 0 Å². The SMILES string of the molecule is Cc1cc(Br)cc(C)c1NC1=NCC(C)CS1. The second-order valence-corrected chi connectivity index (χ2v) is 6.53. The fourth-order valence-corrected chi connectivity index (χ4v) is 3.42. The molecule has 0 saturated heterocycles. The molecule has 1 aromatic rings. The monoisotopic (exact) mass is 312 g/mol. The molecular formula is C13H17BrN2S. The molecule has 0 bridgehead atoms. The van der Waals surface area contributed by atoms with E-state index in [0.29, 0.717) is 5.92 Å². The number of halogens is 1. The molecule has 2 nitrogen and oxygen atoms in total. The van der Waals surface area contributed by atoms with Crippen LogP contribution in [0.4, 0.5) is 5.69 Å². The van der Waals surface area contributed by atoms with Crippen molar-refractivity contribution in [2.24, 2.45) is 10.9 Å². The molecule has 4 heteroatoms. The van der Waals surface area contributed by atoms with Crippen molar-refractivity contribution in [3.05, 3.63) is 27.7 Å². The first kappa shape index (κ1) is 13.0. The molecule has 1 N–H and O–H groups in total. The van der Waals surface area contributed by atoms with Crippen molar-refractivity contribution in [2.75, 3.05) is 17.6 Å². The summed E-state index contributed by atoms with van der Waals surface area (Å²) < 4.78 is 1.13. The summed E-state index contributed by atoms with van der Waals surface area (Å²) in [5.41, 5.74) is 3.69. The molecule has 1 heterocycles. The number of aliphatic imine (C=N–C) groups is 1. The molecule has 92 valence electrons. The van der Waals surface area contributed by atoms with E-state index in [1.807, 2.05) is 11.8 Å². The van der Waals surface area contributed by atoms with Crippen molar-refractivity contribution in [1.82, 2.24) is 0 Å². The number of hydrogen-bond donors (Lipinski definition) is 1. The predicted octanol–water partition coefficient (Wildman–Crippen LogP) is 4.22. The predicted molar refractivity (Wildman–Crippen MR) is 81.2 cm³/mol. The first-order valence-electron chi connectivity index (χ1n) is 5.77. The number of anilines is 1. The highest BCUT2D eigenvalue weighted by Crippen LogP contribution is 2.27. The summed E-state index contributed by atoms with van der Waals surface area (Å²) >= 11 is 5.33. The van der Waals surface area contributed by atoms with E-state index in [2.05, 4.69) is 59.1 Å². The normalized spacial score (nSPS) is 20.0. The van der Waals surface area contributed by atoms with E-state index in [-0.39, 0.29) is 0 Å². The van der Waals surface area contributed by atoms with Crippen LogP contribution in [0.1, 0.15) is 18.1 Å². The number of benzene rings is 1. The van der Waals surface area contributed by atoms with E-state index in [1.54, 1.807) is 0 Å². The summed E-state index contributed by atoms with van der Waals surface area (Å²) in [6.45, 7) is 7.42. The van der Waals surface area contributed by atoms with Crippen LogP contribution in [0.25, 0.3) is 0 Å². The van der Waals surface area contributed by atoms with Crippen LogP contribution in [0.2, 0.25) is 0 Å². The number of amidine groups is 1. The average Bonchev–Trinajstić information content (AvgIpc) is 2.26. The Bertz CT molecular complexity index is 434. The number of hydrogen-bond acceptors (Lipinski definition) is 3. The van der Waals surface area contributed by atoms with Gasteiger partial charge in [0, 0.05) is 22.5 Å². The molecule has 1 atom stereocenters. The minimum absolute atomic E-state index is 0.692. The molecular weight excluding hydrogens is 296 g/mol. The summed E-state index contributed by atoms with van der Waals surface area (Å²) in [5, 5.41) is 4.51. The average molecular weight is 313 g/mol. The minimum atomic E-state index is 0.692. The molecule has 0 radical (unpaired) electrons. The Hall–Kier alpha value is -0.480. The Kier molecular flexibility index (Phi) is 4.15. The van der Waals surface area contributed by atoms with Gasteiger partial charge in [-0.05, 0) is 43.0 Å². The Balaban J connectivity index is 2.19. The first-order chi connectivity index (χ1) is 8.06. The highest BCUT2D eigenvalue weighted by Gasteiger charge is 2.13. The van der Waals surface area contributed by atoms with Crippen LogP contribution in [0.3, 0.4) is 0 Å². The number of rotatable bonds is 1. The van der Waals surface area contributed by atoms with E-state index in [0.717, 1.165) is 21.9 Å². The van der Waals surface area contributed by atoms with Gasteiger partial charge in [0.1, 0.15) is 0 Å². The van der Waals surface area contributed by atoms with Gasteiger partial charge in [-0.15, -0.1) is 0 Å². The molecule has 0 fully saturated rings. The van der Waals surface area contributed by atoms with Crippen LogP contribution in [0.5, 0.6) is 0 Å². The number of nitrogens with zero attached hydrogens (tertiary/aromatic N) is 1. The molecule has 2 rings (SSSR count). The largest absolute Gasteiger partial charge is 0.335 e. The molecule has 1 aliphatic rings. The fourth-order valence-electron chi connectivity index (χ4n) is 1.85. The van der Waals surface area contributed by atoms with Gasteiger partial charge in [0.15, 0.2) is 5.17 Å². The van der Waals surface area contributed by atoms with Crippen LogP contribution < -0.4 is 5.32 Å². The smallest absolute Gasteiger partial charge is 0.161 e. The van der Waals surface area contributed by atoms with Crippen LogP contribution >= 0.6 is 27.7 Å². The van der Waals surface area contributed by atoms with Gasteiger partial charge in [-0.2, -0.15) is 0 Å². The molecule has 0 aromatic heterocycles. The molecule has 17 heavy (non-hydrogen) atoms. The van der Waals surface area contributed by atoms with Crippen LogP contribution in [0.15, 0.2) is 21.6 Å². The number of thioether (sulfide) groups is 1. The minimum Gasteiger partial charge on any atom is -0.335 e. The topological polar surface area (TPSA) is 24.4 Å². The molecule has 0 aliphatic carbocycles. The standard InChI is InChI=1S/C13H17BrN2S/c1-8-6-15-13(17-7-8)16-12-9(2)4-11(14)5-10(12)3/h4-5,8H,6-7H2,1-3H3,(H,15,16). The van der Waals surface area contributed by atoms with Crippen molar-refractivity contribution < 1.29 is 0 Å². The summed E-state index contributed by atoms with van der Waals surface area (Å²) in [7, 11) is 0. The summed E-state index contributed by atoms with van der Waals surface area (Å²) in [6, 6.07) is 4.26. The van der Waals surface area contributed by atoms with E-state index in [4.69, 9.17) is 0 Å². The van der Waals surface area contributed by atoms with Crippen molar-refractivity contribution >= 4 is 38.5 Å². The van der Waals surface area contributed by atoms with Crippen LogP contribution in [0, 0.1) is 19.8 Å². The first-order valence-corrected chi connectivity index (χ1v) is 7.55.